The van der Waals surface area contributed by atoms with Crippen molar-refractivity contribution in [3.63, 3.8) is 0 Å². The Hall–Kier alpha value is -1.64. The minimum absolute atomic E-state index is 0.174. The Morgan fingerprint density at radius 1 is 1.22 bits per heavy atom. The molecule has 2 aliphatic heterocycles. The molecule has 2 aliphatic rings. The summed E-state index contributed by atoms with van der Waals surface area (Å²) < 4.78 is 11.8. The molecular formula is C18H25N3O2. The van der Waals surface area contributed by atoms with Gasteiger partial charge in [0.25, 0.3) is 0 Å². The van der Waals surface area contributed by atoms with Crippen molar-refractivity contribution in [3.05, 3.63) is 22.4 Å². The van der Waals surface area contributed by atoms with Crippen molar-refractivity contribution in [2.24, 2.45) is 0 Å². The zero-order valence-corrected chi connectivity index (χ0v) is 14.6. The average molecular weight is 315 g/mol. The van der Waals surface area contributed by atoms with Crippen molar-refractivity contribution in [1.82, 2.24) is 4.98 Å². The van der Waals surface area contributed by atoms with Crippen LogP contribution in [0.1, 0.15) is 50.1 Å². The van der Waals surface area contributed by atoms with Crippen LogP contribution in [0.15, 0.2) is 0 Å². The lowest BCUT2D eigenvalue weighted by Gasteiger charge is -2.40. The highest BCUT2D eigenvalue weighted by Crippen LogP contribution is 2.36. The van der Waals surface area contributed by atoms with Gasteiger partial charge in [-0.05, 0) is 40.2 Å². The van der Waals surface area contributed by atoms with Gasteiger partial charge in [0.15, 0.2) is 0 Å². The number of aryl methyl sites for hydroxylation is 1. The number of morpholine rings is 1. The van der Waals surface area contributed by atoms with Gasteiger partial charge in [-0.3, -0.25) is 0 Å². The molecule has 5 nitrogen and oxygen atoms in total. The summed E-state index contributed by atoms with van der Waals surface area (Å²) in [6.07, 6.45) is 1.10. The topological polar surface area (TPSA) is 58.4 Å². The minimum atomic E-state index is -0.241. The first-order chi connectivity index (χ1) is 10.8. The van der Waals surface area contributed by atoms with Crippen LogP contribution in [0.5, 0.6) is 0 Å². The van der Waals surface area contributed by atoms with E-state index in [0.717, 1.165) is 47.7 Å². The molecule has 0 bridgehead atoms. The molecule has 0 radical (unpaired) electrons. The zero-order chi connectivity index (χ0) is 16.8. The van der Waals surface area contributed by atoms with E-state index in [4.69, 9.17) is 14.5 Å². The van der Waals surface area contributed by atoms with Crippen LogP contribution in [0.2, 0.25) is 0 Å². The first kappa shape index (κ1) is 16.2. The number of aromatic nitrogens is 1. The van der Waals surface area contributed by atoms with Gasteiger partial charge in [0, 0.05) is 25.1 Å². The van der Waals surface area contributed by atoms with Gasteiger partial charge in [-0.1, -0.05) is 0 Å². The lowest BCUT2D eigenvalue weighted by Crippen LogP contribution is -2.47. The molecule has 5 heteroatoms. The van der Waals surface area contributed by atoms with Crippen molar-refractivity contribution < 1.29 is 9.47 Å². The fourth-order valence-corrected chi connectivity index (χ4v) is 3.64. The maximum absolute atomic E-state index is 9.57. The maximum Gasteiger partial charge on any atom is 0.134 e. The number of ether oxygens (including phenoxy) is 2. The van der Waals surface area contributed by atoms with Gasteiger partial charge in [0.05, 0.1) is 35.7 Å². The average Bonchev–Trinajstić information content (AvgIpc) is 2.44. The van der Waals surface area contributed by atoms with E-state index in [1.165, 1.54) is 0 Å². The summed E-state index contributed by atoms with van der Waals surface area (Å²) >= 11 is 0. The molecule has 0 aromatic carbocycles. The predicted molar refractivity (Wildman–Crippen MR) is 88.5 cm³/mol. The van der Waals surface area contributed by atoms with Crippen LogP contribution < -0.4 is 4.90 Å². The molecule has 0 amide bonds. The second-order valence-corrected chi connectivity index (χ2v) is 7.35. The Morgan fingerprint density at radius 2 is 1.87 bits per heavy atom. The second kappa shape index (κ2) is 5.77. The predicted octanol–water partition coefficient (Wildman–Crippen LogP) is 2.73. The molecule has 1 aromatic heterocycles. The Balaban J connectivity index is 2.09. The van der Waals surface area contributed by atoms with Crippen LogP contribution in [0, 0.1) is 18.3 Å². The Bertz CT molecular complexity index is 653. The first-order valence-corrected chi connectivity index (χ1v) is 8.27. The molecule has 2 unspecified atom stereocenters. The smallest absolute Gasteiger partial charge is 0.134 e. The van der Waals surface area contributed by atoms with E-state index in [-0.39, 0.29) is 17.8 Å². The van der Waals surface area contributed by atoms with Crippen molar-refractivity contribution >= 4 is 5.82 Å². The third-order valence-electron chi connectivity index (χ3n) is 4.61. The first-order valence-electron chi connectivity index (χ1n) is 8.27. The molecule has 0 N–H and O–H groups in total. The fourth-order valence-electron chi connectivity index (χ4n) is 3.64. The van der Waals surface area contributed by atoms with E-state index < -0.39 is 0 Å². The van der Waals surface area contributed by atoms with E-state index in [2.05, 4.69) is 38.7 Å². The lowest BCUT2D eigenvalue weighted by atomic mass is 9.88. The third kappa shape index (κ3) is 3.06. The van der Waals surface area contributed by atoms with E-state index in [1.807, 2.05) is 6.92 Å². The number of rotatable bonds is 1. The molecule has 0 spiro atoms. The highest BCUT2D eigenvalue weighted by molar-refractivity contribution is 5.59. The van der Waals surface area contributed by atoms with Crippen LogP contribution in [0.4, 0.5) is 5.82 Å². The summed E-state index contributed by atoms with van der Waals surface area (Å²) in [5.74, 6) is 0.967. The molecule has 2 atom stereocenters. The molecule has 3 heterocycles. The summed E-state index contributed by atoms with van der Waals surface area (Å²) in [5.41, 5.74) is 3.47. The molecule has 1 saturated heterocycles. The quantitative estimate of drug-likeness (QED) is 0.797. The zero-order valence-electron chi connectivity index (χ0n) is 14.6. The van der Waals surface area contributed by atoms with Crippen molar-refractivity contribution in [1.29, 1.82) is 5.26 Å². The van der Waals surface area contributed by atoms with Crippen LogP contribution in [-0.2, 0) is 22.5 Å². The molecule has 124 valence electrons. The monoisotopic (exact) mass is 315 g/mol. The van der Waals surface area contributed by atoms with Crippen molar-refractivity contribution in [3.8, 4) is 6.07 Å². The Kier molecular flexibility index (Phi) is 4.07. The van der Waals surface area contributed by atoms with Gasteiger partial charge in [0.1, 0.15) is 11.9 Å². The lowest BCUT2D eigenvalue weighted by molar-refractivity contribution is -0.0406. The maximum atomic E-state index is 9.57. The largest absolute Gasteiger partial charge is 0.372 e. The highest BCUT2D eigenvalue weighted by Gasteiger charge is 2.34. The molecular weight excluding hydrogens is 290 g/mol. The van der Waals surface area contributed by atoms with Gasteiger partial charge in [-0.15, -0.1) is 0 Å². The second-order valence-electron chi connectivity index (χ2n) is 7.35. The number of pyridine rings is 1. The number of nitrogens with zero attached hydrogens (tertiary/aromatic N) is 3. The third-order valence-corrected chi connectivity index (χ3v) is 4.61. The van der Waals surface area contributed by atoms with Crippen molar-refractivity contribution in [2.75, 3.05) is 18.0 Å². The Labute approximate surface area is 138 Å². The highest BCUT2D eigenvalue weighted by atomic mass is 16.5. The summed E-state index contributed by atoms with van der Waals surface area (Å²) in [5, 5.41) is 9.57. The number of anilines is 1. The minimum Gasteiger partial charge on any atom is -0.372 e. The Morgan fingerprint density at radius 3 is 2.48 bits per heavy atom. The molecule has 1 fully saturated rings. The summed E-state index contributed by atoms with van der Waals surface area (Å²) in [6, 6.07) is 2.35. The van der Waals surface area contributed by atoms with Crippen LogP contribution in [0.3, 0.4) is 0 Å². The van der Waals surface area contributed by atoms with Gasteiger partial charge >= 0.3 is 0 Å². The fraction of sp³-hybridized carbons (Fsp3) is 0.667. The van der Waals surface area contributed by atoms with Gasteiger partial charge in [-0.25, -0.2) is 4.98 Å². The normalized spacial score (nSPS) is 26.5. The van der Waals surface area contributed by atoms with Gasteiger partial charge in [-0.2, -0.15) is 5.26 Å². The van der Waals surface area contributed by atoms with E-state index in [1.54, 1.807) is 0 Å². The van der Waals surface area contributed by atoms with E-state index >= 15 is 0 Å². The summed E-state index contributed by atoms with van der Waals surface area (Å²) in [7, 11) is 0. The van der Waals surface area contributed by atoms with E-state index in [9.17, 15) is 5.26 Å². The van der Waals surface area contributed by atoms with Gasteiger partial charge in [0.2, 0.25) is 0 Å². The SMILES string of the molecule is Cc1nc(N2CC(C)OC(C)C2)c2c(c1C#N)CC(C)(C)OC2. The number of hydrogen-bond donors (Lipinski definition) is 0. The van der Waals surface area contributed by atoms with Crippen LogP contribution >= 0.6 is 0 Å². The molecule has 1 aromatic rings. The molecule has 0 aliphatic carbocycles. The number of hydrogen-bond acceptors (Lipinski definition) is 5. The van der Waals surface area contributed by atoms with Crippen molar-refractivity contribution in [2.45, 2.75) is 65.5 Å². The summed E-state index contributed by atoms with van der Waals surface area (Å²) in [6.45, 7) is 12.4. The number of nitriles is 1. The standard InChI is InChI=1S/C18H25N3O2/c1-11-8-21(9-12(2)23-11)17-16-10-22-18(4,5)6-14(16)15(7-19)13(3)20-17/h11-12H,6,8-10H2,1-5H3. The van der Waals surface area contributed by atoms with Crippen LogP contribution in [0.25, 0.3) is 0 Å². The molecule has 23 heavy (non-hydrogen) atoms. The summed E-state index contributed by atoms with van der Waals surface area (Å²) in [4.78, 5) is 7.05. The van der Waals surface area contributed by atoms with Crippen LogP contribution in [-0.4, -0.2) is 35.9 Å². The van der Waals surface area contributed by atoms with Gasteiger partial charge < -0.3 is 14.4 Å². The molecule has 0 saturated carbocycles. The van der Waals surface area contributed by atoms with E-state index in [0.29, 0.717) is 6.61 Å². The molecule has 3 rings (SSSR count). The number of fused-ring (bicyclic) bond motifs is 1.